The SMILES string of the molecule is CCOc1ccc(S(=O)(=O)NCCNc2cc(-n3ccnc3C)ncn2)cc1C. The molecule has 2 N–H and O–H groups in total. The van der Waals surface area contributed by atoms with Crippen molar-refractivity contribution < 1.29 is 13.2 Å². The van der Waals surface area contributed by atoms with Gasteiger partial charge < -0.3 is 10.1 Å². The molecule has 0 spiro atoms. The zero-order valence-electron chi connectivity index (χ0n) is 16.6. The lowest BCUT2D eigenvalue weighted by molar-refractivity contribution is 0.337. The Morgan fingerprint density at radius 1 is 1.10 bits per heavy atom. The maximum absolute atomic E-state index is 12.5. The second-order valence-corrected chi connectivity index (χ2v) is 8.06. The molecule has 0 atom stereocenters. The Bertz CT molecular complexity index is 1080. The largest absolute Gasteiger partial charge is 0.494 e. The number of aryl methyl sites for hydroxylation is 2. The summed E-state index contributed by atoms with van der Waals surface area (Å²) < 4.78 is 34.9. The molecule has 0 amide bonds. The first kappa shape index (κ1) is 20.7. The summed E-state index contributed by atoms with van der Waals surface area (Å²) in [6, 6.07) is 6.59. The van der Waals surface area contributed by atoms with Gasteiger partial charge in [-0.15, -0.1) is 0 Å². The number of nitrogens with one attached hydrogen (secondary N) is 2. The summed E-state index contributed by atoms with van der Waals surface area (Å²) in [4.78, 5) is 12.8. The number of rotatable bonds is 9. The van der Waals surface area contributed by atoms with E-state index < -0.39 is 10.0 Å². The van der Waals surface area contributed by atoms with Crippen molar-refractivity contribution >= 4 is 15.8 Å². The van der Waals surface area contributed by atoms with E-state index >= 15 is 0 Å². The highest BCUT2D eigenvalue weighted by Gasteiger charge is 2.15. The van der Waals surface area contributed by atoms with E-state index in [0.717, 1.165) is 11.4 Å². The maximum atomic E-state index is 12.5. The number of imidazole rings is 1. The predicted octanol–water partition coefficient (Wildman–Crippen LogP) is 2.07. The molecule has 0 unspecified atom stereocenters. The van der Waals surface area contributed by atoms with Gasteiger partial charge in [-0.3, -0.25) is 4.57 Å². The van der Waals surface area contributed by atoms with Crippen molar-refractivity contribution in [2.45, 2.75) is 25.7 Å². The smallest absolute Gasteiger partial charge is 0.240 e. The summed E-state index contributed by atoms with van der Waals surface area (Å²) in [7, 11) is -3.61. The summed E-state index contributed by atoms with van der Waals surface area (Å²) in [5.74, 6) is 2.77. The van der Waals surface area contributed by atoms with Crippen LogP contribution >= 0.6 is 0 Å². The number of anilines is 1. The molecule has 154 valence electrons. The Balaban J connectivity index is 1.57. The van der Waals surface area contributed by atoms with Crippen LogP contribution in [0.5, 0.6) is 5.75 Å². The number of sulfonamides is 1. The van der Waals surface area contributed by atoms with Crippen molar-refractivity contribution in [3.05, 3.63) is 54.4 Å². The highest BCUT2D eigenvalue weighted by Crippen LogP contribution is 2.21. The van der Waals surface area contributed by atoms with Gasteiger partial charge in [0.15, 0.2) is 0 Å². The van der Waals surface area contributed by atoms with Crippen LogP contribution in [-0.4, -0.2) is 47.6 Å². The third kappa shape index (κ3) is 5.09. The molecule has 3 aromatic rings. The molecule has 0 bridgehead atoms. The number of aromatic nitrogens is 4. The number of hydrogen-bond donors (Lipinski definition) is 2. The lowest BCUT2D eigenvalue weighted by atomic mass is 10.2. The molecule has 1 aromatic carbocycles. The lowest BCUT2D eigenvalue weighted by Gasteiger charge is -2.11. The number of benzene rings is 1. The van der Waals surface area contributed by atoms with Crippen LogP contribution in [0.15, 0.2) is 47.9 Å². The zero-order chi connectivity index (χ0) is 20.9. The fourth-order valence-electron chi connectivity index (χ4n) is 2.76. The molecule has 2 heterocycles. The van der Waals surface area contributed by atoms with E-state index in [1.54, 1.807) is 24.4 Å². The molecule has 0 saturated carbocycles. The zero-order valence-corrected chi connectivity index (χ0v) is 17.4. The van der Waals surface area contributed by atoms with Crippen molar-refractivity contribution in [2.24, 2.45) is 0 Å². The van der Waals surface area contributed by atoms with E-state index in [1.165, 1.54) is 12.4 Å². The number of ether oxygens (including phenoxy) is 1. The normalized spacial score (nSPS) is 11.4. The van der Waals surface area contributed by atoms with Gasteiger partial charge in [0.2, 0.25) is 10.0 Å². The molecule has 0 aliphatic rings. The Morgan fingerprint density at radius 3 is 2.62 bits per heavy atom. The highest BCUT2D eigenvalue weighted by atomic mass is 32.2. The molecule has 0 fully saturated rings. The molecular weight excluding hydrogens is 392 g/mol. The van der Waals surface area contributed by atoms with E-state index in [-0.39, 0.29) is 11.4 Å². The average molecular weight is 417 g/mol. The summed E-state index contributed by atoms with van der Waals surface area (Å²) in [6.07, 6.45) is 4.96. The minimum absolute atomic E-state index is 0.206. The second-order valence-electron chi connectivity index (χ2n) is 6.29. The van der Waals surface area contributed by atoms with Gasteiger partial charge in [0.1, 0.15) is 29.5 Å². The van der Waals surface area contributed by atoms with Gasteiger partial charge in [-0.05, 0) is 44.5 Å². The fourth-order valence-corrected chi connectivity index (χ4v) is 3.88. The van der Waals surface area contributed by atoms with Gasteiger partial charge in [-0.25, -0.2) is 28.1 Å². The molecule has 0 saturated heterocycles. The molecule has 29 heavy (non-hydrogen) atoms. The summed E-state index contributed by atoms with van der Waals surface area (Å²) in [6.45, 7) is 6.69. The van der Waals surface area contributed by atoms with Gasteiger partial charge in [-0.1, -0.05) is 0 Å². The Labute approximate surface area is 170 Å². The van der Waals surface area contributed by atoms with Crippen LogP contribution in [-0.2, 0) is 10.0 Å². The van der Waals surface area contributed by atoms with Gasteiger partial charge in [0, 0.05) is 31.5 Å². The first-order valence-electron chi connectivity index (χ1n) is 9.20. The average Bonchev–Trinajstić information content (AvgIpc) is 3.13. The monoisotopic (exact) mass is 416 g/mol. The lowest BCUT2D eigenvalue weighted by Crippen LogP contribution is -2.29. The molecule has 3 rings (SSSR count). The molecule has 9 nitrogen and oxygen atoms in total. The van der Waals surface area contributed by atoms with Crippen molar-refractivity contribution in [3.8, 4) is 11.6 Å². The van der Waals surface area contributed by atoms with Crippen LogP contribution in [0.2, 0.25) is 0 Å². The standard InChI is InChI=1S/C19H24N6O3S/c1-4-28-17-6-5-16(11-14(17)2)29(26,27)24-8-7-21-18-12-19(23-13-22-18)25-10-9-20-15(25)3/h5-6,9-13,24H,4,7-8H2,1-3H3,(H,21,22,23). The minimum atomic E-state index is -3.61. The predicted molar refractivity (Wildman–Crippen MR) is 110 cm³/mol. The number of hydrogen-bond acceptors (Lipinski definition) is 7. The molecule has 0 aliphatic heterocycles. The minimum Gasteiger partial charge on any atom is -0.494 e. The van der Waals surface area contributed by atoms with Crippen LogP contribution in [0, 0.1) is 13.8 Å². The van der Waals surface area contributed by atoms with Crippen LogP contribution in [0.3, 0.4) is 0 Å². The number of nitrogens with zero attached hydrogens (tertiary/aromatic N) is 4. The Hall–Kier alpha value is -2.98. The van der Waals surface area contributed by atoms with Crippen molar-refractivity contribution in [2.75, 3.05) is 25.0 Å². The van der Waals surface area contributed by atoms with E-state index in [9.17, 15) is 8.42 Å². The van der Waals surface area contributed by atoms with E-state index in [1.807, 2.05) is 31.5 Å². The summed E-state index contributed by atoms with van der Waals surface area (Å²) in [5.41, 5.74) is 0.774. The van der Waals surface area contributed by atoms with Crippen molar-refractivity contribution in [1.82, 2.24) is 24.2 Å². The fraction of sp³-hybridized carbons (Fsp3) is 0.316. The first-order valence-corrected chi connectivity index (χ1v) is 10.7. The Morgan fingerprint density at radius 2 is 1.93 bits per heavy atom. The molecule has 0 aliphatic carbocycles. The van der Waals surface area contributed by atoms with Crippen LogP contribution in [0.25, 0.3) is 5.82 Å². The van der Waals surface area contributed by atoms with Crippen LogP contribution in [0.4, 0.5) is 5.82 Å². The van der Waals surface area contributed by atoms with Gasteiger partial charge in [0.25, 0.3) is 0 Å². The quantitative estimate of drug-likeness (QED) is 0.514. The third-order valence-corrected chi connectivity index (χ3v) is 5.66. The Kier molecular flexibility index (Phi) is 6.45. The highest BCUT2D eigenvalue weighted by molar-refractivity contribution is 7.89. The van der Waals surface area contributed by atoms with Gasteiger partial charge in [-0.2, -0.15) is 0 Å². The second kappa shape index (κ2) is 9.01. The summed E-state index contributed by atoms with van der Waals surface area (Å²) in [5, 5.41) is 3.10. The third-order valence-electron chi connectivity index (χ3n) is 4.20. The topological polar surface area (TPSA) is 111 Å². The molecule has 0 radical (unpaired) electrons. The van der Waals surface area contributed by atoms with Crippen molar-refractivity contribution in [1.29, 1.82) is 0 Å². The van der Waals surface area contributed by atoms with Crippen LogP contribution in [0.1, 0.15) is 18.3 Å². The van der Waals surface area contributed by atoms with E-state index in [2.05, 4.69) is 25.0 Å². The van der Waals surface area contributed by atoms with Crippen LogP contribution < -0.4 is 14.8 Å². The van der Waals surface area contributed by atoms with Gasteiger partial charge >= 0.3 is 0 Å². The van der Waals surface area contributed by atoms with E-state index in [0.29, 0.717) is 30.5 Å². The first-order chi connectivity index (χ1) is 13.9. The molecule has 10 heteroatoms. The van der Waals surface area contributed by atoms with Gasteiger partial charge in [0.05, 0.1) is 11.5 Å². The molecular formula is C19H24N6O3S. The maximum Gasteiger partial charge on any atom is 0.240 e. The van der Waals surface area contributed by atoms with Crippen molar-refractivity contribution in [3.63, 3.8) is 0 Å². The summed E-state index contributed by atoms with van der Waals surface area (Å²) >= 11 is 0. The molecule has 2 aromatic heterocycles. The van der Waals surface area contributed by atoms with E-state index in [4.69, 9.17) is 4.74 Å².